The zero-order valence-electron chi connectivity index (χ0n) is 15.8. The van der Waals surface area contributed by atoms with E-state index in [1.54, 1.807) is 6.33 Å². The molecule has 10 heteroatoms. The number of anilines is 2. The third kappa shape index (κ3) is 3.48. The number of H-pyrrole nitrogens is 2. The van der Waals surface area contributed by atoms with Gasteiger partial charge in [0.15, 0.2) is 34.6 Å². The van der Waals surface area contributed by atoms with E-state index in [-0.39, 0.29) is 0 Å². The van der Waals surface area contributed by atoms with Crippen LogP contribution in [0, 0.1) is 0 Å². The van der Waals surface area contributed by atoms with E-state index in [9.17, 15) is 0 Å². The molecule has 4 N–H and O–H groups in total. The average molecular weight is 378 g/mol. The summed E-state index contributed by atoms with van der Waals surface area (Å²) in [5.74, 6) is 2.37. The zero-order chi connectivity index (χ0) is 19.3. The summed E-state index contributed by atoms with van der Waals surface area (Å²) in [5, 5.41) is 6.60. The van der Waals surface area contributed by atoms with E-state index in [4.69, 9.17) is 0 Å². The average Bonchev–Trinajstić information content (AvgIpc) is 3.35. The van der Waals surface area contributed by atoms with E-state index >= 15 is 0 Å². The van der Waals surface area contributed by atoms with Crippen molar-refractivity contribution in [2.24, 2.45) is 0 Å². The molecule has 0 aliphatic carbocycles. The van der Waals surface area contributed by atoms with Crippen molar-refractivity contribution in [2.45, 2.75) is 26.7 Å². The summed E-state index contributed by atoms with van der Waals surface area (Å²) in [7, 11) is 0. The van der Waals surface area contributed by atoms with Crippen molar-refractivity contribution < 1.29 is 0 Å². The predicted molar refractivity (Wildman–Crippen MR) is 109 cm³/mol. The number of hydrogen-bond acceptors (Lipinski definition) is 8. The molecule has 0 bridgehead atoms. The van der Waals surface area contributed by atoms with Gasteiger partial charge in [0.1, 0.15) is 17.4 Å². The van der Waals surface area contributed by atoms with Gasteiger partial charge in [-0.1, -0.05) is 25.5 Å². The maximum atomic E-state index is 4.65. The lowest BCUT2D eigenvalue weighted by molar-refractivity contribution is 0.831. The Bertz CT molecular complexity index is 1110. The van der Waals surface area contributed by atoms with E-state index in [1.807, 2.05) is 19.1 Å². The number of aromatic amines is 2. The molecule has 0 aliphatic rings. The summed E-state index contributed by atoms with van der Waals surface area (Å²) in [5.41, 5.74) is 2.64. The minimum atomic E-state index is 0.455. The molecule has 0 spiro atoms. The molecule has 0 fully saturated rings. The maximum Gasteiger partial charge on any atom is 0.199 e. The van der Waals surface area contributed by atoms with Gasteiger partial charge < -0.3 is 20.6 Å². The Morgan fingerprint density at radius 3 is 2.75 bits per heavy atom. The van der Waals surface area contributed by atoms with E-state index in [0.29, 0.717) is 46.6 Å². The van der Waals surface area contributed by atoms with Gasteiger partial charge in [0.25, 0.3) is 0 Å². The second-order valence-corrected chi connectivity index (χ2v) is 6.23. The van der Waals surface area contributed by atoms with Crippen molar-refractivity contribution in [1.29, 1.82) is 0 Å². The summed E-state index contributed by atoms with van der Waals surface area (Å²) in [6.07, 6.45) is 9.23. The number of nitrogens with zero attached hydrogens (tertiary/aromatic N) is 6. The highest BCUT2D eigenvalue weighted by molar-refractivity contribution is 5.87. The summed E-state index contributed by atoms with van der Waals surface area (Å²) in [4.78, 5) is 32.9. The van der Waals surface area contributed by atoms with Crippen LogP contribution in [0.5, 0.6) is 0 Å². The third-order valence-electron chi connectivity index (χ3n) is 4.23. The van der Waals surface area contributed by atoms with Crippen molar-refractivity contribution >= 4 is 34.0 Å². The van der Waals surface area contributed by atoms with Crippen LogP contribution >= 0.6 is 0 Å². The Morgan fingerprint density at radius 1 is 1.00 bits per heavy atom. The molecule has 4 aromatic rings. The summed E-state index contributed by atoms with van der Waals surface area (Å²) in [6, 6.07) is 0. The van der Waals surface area contributed by atoms with Crippen LogP contribution in [-0.4, -0.2) is 53.0 Å². The number of allylic oxidation sites excluding steroid dienone is 1. The van der Waals surface area contributed by atoms with Crippen LogP contribution in [0.1, 0.15) is 26.7 Å². The molecule has 0 saturated carbocycles. The molecular weight excluding hydrogens is 356 g/mol. The molecule has 144 valence electrons. The Kier molecular flexibility index (Phi) is 5.09. The van der Waals surface area contributed by atoms with Crippen LogP contribution in [-0.2, 0) is 0 Å². The van der Waals surface area contributed by atoms with E-state index in [0.717, 1.165) is 24.9 Å². The largest absolute Gasteiger partial charge is 0.368 e. The molecule has 0 amide bonds. The topological polar surface area (TPSA) is 133 Å². The van der Waals surface area contributed by atoms with Gasteiger partial charge in [-0.25, -0.2) is 29.9 Å². The van der Waals surface area contributed by atoms with Gasteiger partial charge in [-0.05, 0) is 13.3 Å². The first-order chi connectivity index (χ1) is 13.8. The van der Waals surface area contributed by atoms with Crippen LogP contribution in [0.25, 0.3) is 34.0 Å². The summed E-state index contributed by atoms with van der Waals surface area (Å²) >= 11 is 0. The Morgan fingerprint density at radius 2 is 1.89 bits per heavy atom. The normalized spacial score (nSPS) is 11.6. The molecule has 28 heavy (non-hydrogen) atoms. The third-order valence-corrected chi connectivity index (χ3v) is 4.23. The molecule has 0 aromatic carbocycles. The first-order valence-corrected chi connectivity index (χ1v) is 9.31. The minimum absolute atomic E-state index is 0.455. The Balaban J connectivity index is 1.73. The quantitative estimate of drug-likeness (QED) is 0.272. The van der Waals surface area contributed by atoms with Crippen LogP contribution in [0.4, 0.5) is 11.6 Å². The molecule has 0 atom stereocenters. The lowest BCUT2D eigenvalue weighted by atomic mass is 10.3. The van der Waals surface area contributed by atoms with Gasteiger partial charge in [-0.3, -0.25) is 0 Å². The fourth-order valence-electron chi connectivity index (χ4n) is 2.79. The second-order valence-electron chi connectivity index (χ2n) is 6.23. The highest BCUT2D eigenvalue weighted by atomic mass is 15.1. The first-order valence-electron chi connectivity index (χ1n) is 9.31. The van der Waals surface area contributed by atoms with Crippen molar-refractivity contribution in [3.05, 3.63) is 24.8 Å². The first kappa shape index (κ1) is 17.8. The standard InChI is InChI=1S/C18H22N10/c1-3-5-7-19-13-12-16(24-10-22-13)28-17(25-12)18-26-14(20-8-6-4-2)11-15(27-18)23-9-21-11/h3,5,9-10H,4,6-8H2,1-2H3,(H2,19,22,24,25,28)(H2,20,21,23,26,27). The van der Waals surface area contributed by atoms with Gasteiger partial charge in [0.2, 0.25) is 0 Å². The zero-order valence-corrected chi connectivity index (χ0v) is 15.8. The van der Waals surface area contributed by atoms with Crippen LogP contribution in [0.15, 0.2) is 24.8 Å². The van der Waals surface area contributed by atoms with E-state index < -0.39 is 0 Å². The summed E-state index contributed by atoms with van der Waals surface area (Å²) in [6.45, 7) is 5.61. The van der Waals surface area contributed by atoms with Crippen LogP contribution in [0.2, 0.25) is 0 Å². The van der Waals surface area contributed by atoms with Gasteiger partial charge >= 0.3 is 0 Å². The number of aromatic nitrogens is 8. The molecule has 4 heterocycles. The van der Waals surface area contributed by atoms with Crippen molar-refractivity contribution in [2.75, 3.05) is 23.7 Å². The maximum absolute atomic E-state index is 4.65. The number of nitrogens with one attached hydrogen (secondary N) is 4. The second kappa shape index (κ2) is 7.99. The molecule has 0 saturated heterocycles. The lowest BCUT2D eigenvalue weighted by Gasteiger charge is -2.06. The predicted octanol–water partition coefficient (Wildman–Crippen LogP) is 2.89. The molecular formula is C18H22N10. The van der Waals surface area contributed by atoms with Crippen molar-refractivity contribution in [3.63, 3.8) is 0 Å². The highest BCUT2D eigenvalue weighted by Crippen LogP contribution is 2.24. The van der Waals surface area contributed by atoms with E-state index in [2.05, 4.69) is 57.4 Å². The Labute approximate surface area is 161 Å². The Hall–Kier alpha value is -3.56. The van der Waals surface area contributed by atoms with Gasteiger partial charge in [-0.2, -0.15) is 0 Å². The van der Waals surface area contributed by atoms with Gasteiger partial charge in [0, 0.05) is 13.1 Å². The number of unbranched alkanes of at least 4 members (excludes halogenated alkanes) is 1. The van der Waals surface area contributed by atoms with Gasteiger partial charge in [-0.15, -0.1) is 0 Å². The number of fused-ring (bicyclic) bond motifs is 2. The molecule has 0 unspecified atom stereocenters. The smallest absolute Gasteiger partial charge is 0.199 e. The number of hydrogen-bond donors (Lipinski definition) is 4. The van der Waals surface area contributed by atoms with Gasteiger partial charge in [0.05, 0.1) is 6.33 Å². The number of rotatable bonds is 8. The molecule has 0 aliphatic heterocycles. The fourth-order valence-corrected chi connectivity index (χ4v) is 2.79. The van der Waals surface area contributed by atoms with Crippen LogP contribution in [0.3, 0.4) is 0 Å². The fraction of sp³-hybridized carbons (Fsp3) is 0.333. The lowest BCUT2D eigenvalue weighted by Crippen LogP contribution is -2.05. The molecule has 10 nitrogen and oxygen atoms in total. The summed E-state index contributed by atoms with van der Waals surface area (Å²) < 4.78 is 0. The monoisotopic (exact) mass is 378 g/mol. The van der Waals surface area contributed by atoms with Crippen molar-refractivity contribution in [3.8, 4) is 11.6 Å². The molecule has 0 radical (unpaired) electrons. The van der Waals surface area contributed by atoms with Crippen LogP contribution < -0.4 is 10.6 Å². The molecule has 4 rings (SSSR count). The minimum Gasteiger partial charge on any atom is -0.368 e. The highest BCUT2D eigenvalue weighted by Gasteiger charge is 2.16. The van der Waals surface area contributed by atoms with Crippen molar-refractivity contribution in [1.82, 2.24) is 39.9 Å². The van der Waals surface area contributed by atoms with E-state index in [1.165, 1.54) is 6.33 Å². The molecule has 4 aromatic heterocycles. The number of imidazole rings is 2. The SMILES string of the molecule is CC=CCNc1ncnc2nc(-c3nc(NCCCC)c4[nH]cnc4n3)[nH]c12.